The summed E-state index contributed by atoms with van der Waals surface area (Å²) < 4.78 is 19.0. The minimum Gasteiger partial charge on any atom is -0.384 e. The number of amides is 1. The van der Waals surface area contributed by atoms with E-state index in [2.05, 4.69) is 11.8 Å². The molecule has 4 nitrogen and oxygen atoms in total. The third kappa shape index (κ3) is 3.16. The SMILES string of the molecule is COC1CCN(C(=O)c2ccc(C#CCO)c(F)c2)C1. The third-order valence-corrected chi connectivity index (χ3v) is 3.28. The molecule has 0 aromatic heterocycles. The van der Waals surface area contributed by atoms with Crippen molar-refractivity contribution in [1.82, 2.24) is 4.90 Å². The maximum absolute atomic E-state index is 13.8. The molecule has 1 unspecified atom stereocenters. The molecule has 1 aromatic carbocycles. The summed E-state index contributed by atoms with van der Waals surface area (Å²) in [5, 5.41) is 8.58. The van der Waals surface area contributed by atoms with Gasteiger partial charge in [-0.25, -0.2) is 4.39 Å². The van der Waals surface area contributed by atoms with E-state index in [1.54, 1.807) is 18.1 Å². The van der Waals surface area contributed by atoms with E-state index < -0.39 is 5.82 Å². The van der Waals surface area contributed by atoms with Crippen LogP contribution in [0.4, 0.5) is 4.39 Å². The highest BCUT2D eigenvalue weighted by molar-refractivity contribution is 5.94. The van der Waals surface area contributed by atoms with Crippen LogP contribution in [-0.2, 0) is 4.74 Å². The molecule has 1 N–H and O–H groups in total. The number of methoxy groups -OCH3 is 1. The Bertz CT molecular complexity index is 562. The first kappa shape index (κ1) is 14.5. The van der Waals surface area contributed by atoms with Crippen molar-refractivity contribution in [2.24, 2.45) is 0 Å². The molecule has 1 aromatic rings. The second-order valence-corrected chi connectivity index (χ2v) is 4.55. The van der Waals surface area contributed by atoms with Crippen molar-refractivity contribution < 1.29 is 19.0 Å². The molecule has 1 saturated heterocycles. The van der Waals surface area contributed by atoms with Gasteiger partial charge in [-0.3, -0.25) is 4.79 Å². The van der Waals surface area contributed by atoms with E-state index >= 15 is 0 Å². The summed E-state index contributed by atoms with van der Waals surface area (Å²) in [7, 11) is 1.62. The maximum atomic E-state index is 13.8. The molecule has 0 radical (unpaired) electrons. The molecule has 1 heterocycles. The zero-order chi connectivity index (χ0) is 14.5. The molecule has 20 heavy (non-hydrogen) atoms. The minimum absolute atomic E-state index is 0.0542. The van der Waals surface area contributed by atoms with Gasteiger partial charge in [0, 0.05) is 25.8 Å². The Kier molecular flexibility index (Phi) is 4.72. The second kappa shape index (κ2) is 6.51. The van der Waals surface area contributed by atoms with Crippen molar-refractivity contribution in [1.29, 1.82) is 0 Å². The first-order valence-electron chi connectivity index (χ1n) is 6.37. The molecule has 0 spiro atoms. The Morgan fingerprint density at radius 2 is 2.40 bits per heavy atom. The molecule has 0 saturated carbocycles. The van der Waals surface area contributed by atoms with E-state index in [0.717, 1.165) is 6.42 Å². The molecule has 0 aliphatic carbocycles. The van der Waals surface area contributed by atoms with Gasteiger partial charge in [-0.15, -0.1) is 0 Å². The van der Waals surface area contributed by atoms with Crippen LogP contribution >= 0.6 is 0 Å². The molecule has 1 atom stereocenters. The van der Waals surface area contributed by atoms with Gasteiger partial charge >= 0.3 is 0 Å². The topological polar surface area (TPSA) is 49.8 Å². The molecule has 2 rings (SSSR count). The van der Waals surface area contributed by atoms with Crippen LogP contribution in [0.3, 0.4) is 0 Å². The van der Waals surface area contributed by atoms with E-state index in [1.807, 2.05) is 0 Å². The zero-order valence-corrected chi connectivity index (χ0v) is 11.2. The van der Waals surface area contributed by atoms with Crippen LogP contribution < -0.4 is 0 Å². The summed E-state index contributed by atoms with van der Waals surface area (Å²) >= 11 is 0. The highest BCUT2D eigenvalue weighted by Gasteiger charge is 2.27. The van der Waals surface area contributed by atoms with Crippen LogP contribution in [0.25, 0.3) is 0 Å². The Morgan fingerprint density at radius 3 is 3.00 bits per heavy atom. The van der Waals surface area contributed by atoms with Gasteiger partial charge in [0.1, 0.15) is 12.4 Å². The summed E-state index contributed by atoms with van der Waals surface area (Å²) in [4.78, 5) is 13.9. The molecule has 1 aliphatic rings. The Labute approximate surface area is 117 Å². The van der Waals surface area contributed by atoms with Gasteiger partial charge in [-0.05, 0) is 24.6 Å². The average molecular weight is 277 g/mol. The molecular weight excluding hydrogens is 261 g/mol. The van der Waals surface area contributed by atoms with Crippen LogP contribution in [0, 0.1) is 17.7 Å². The van der Waals surface area contributed by atoms with E-state index in [4.69, 9.17) is 9.84 Å². The van der Waals surface area contributed by atoms with Gasteiger partial charge < -0.3 is 14.7 Å². The van der Waals surface area contributed by atoms with Gasteiger partial charge in [0.25, 0.3) is 5.91 Å². The van der Waals surface area contributed by atoms with Gasteiger partial charge in [-0.2, -0.15) is 0 Å². The number of benzene rings is 1. The number of hydrogen-bond donors (Lipinski definition) is 1. The van der Waals surface area contributed by atoms with E-state index in [9.17, 15) is 9.18 Å². The predicted octanol–water partition coefficient (Wildman–Crippen LogP) is 1.03. The molecule has 1 amide bonds. The second-order valence-electron chi connectivity index (χ2n) is 4.55. The predicted molar refractivity (Wildman–Crippen MR) is 71.7 cm³/mol. The zero-order valence-electron chi connectivity index (χ0n) is 11.2. The van der Waals surface area contributed by atoms with Gasteiger partial charge in [0.15, 0.2) is 0 Å². The molecular formula is C15H16FNO3. The summed E-state index contributed by atoms with van der Waals surface area (Å²) in [6.07, 6.45) is 0.851. The van der Waals surface area contributed by atoms with E-state index in [-0.39, 0.29) is 24.2 Å². The molecule has 5 heteroatoms. The van der Waals surface area contributed by atoms with Crippen molar-refractivity contribution in [2.75, 3.05) is 26.8 Å². The van der Waals surface area contributed by atoms with Gasteiger partial charge in [0.2, 0.25) is 0 Å². The lowest BCUT2D eigenvalue weighted by Crippen LogP contribution is -2.30. The Hall–Kier alpha value is -1.90. The van der Waals surface area contributed by atoms with Crippen molar-refractivity contribution in [3.8, 4) is 11.8 Å². The molecule has 1 fully saturated rings. The van der Waals surface area contributed by atoms with E-state index in [0.29, 0.717) is 18.7 Å². The fraction of sp³-hybridized carbons (Fsp3) is 0.400. The first-order chi connectivity index (χ1) is 9.65. The van der Waals surface area contributed by atoms with Crippen LogP contribution in [0.1, 0.15) is 22.3 Å². The maximum Gasteiger partial charge on any atom is 0.254 e. The van der Waals surface area contributed by atoms with Crippen molar-refractivity contribution in [3.05, 3.63) is 35.1 Å². The number of halogens is 1. The number of rotatable bonds is 2. The standard InChI is InChI=1S/C15H16FNO3/c1-20-13-6-7-17(10-13)15(19)12-5-4-11(3-2-8-18)14(16)9-12/h4-5,9,13,18H,6-8,10H2,1H3. The van der Waals surface area contributed by atoms with Crippen LogP contribution in [0.2, 0.25) is 0 Å². The normalized spacial score (nSPS) is 17.8. The fourth-order valence-electron chi connectivity index (χ4n) is 2.17. The number of carbonyl (C=O) groups is 1. The number of likely N-dealkylation sites (tertiary alicyclic amines) is 1. The molecule has 106 valence electrons. The van der Waals surface area contributed by atoms with Crippen LogP contribution in [0.15, 0.2) is 18.2 Å². The number of ether oxygens (including phenoxy) is 1. The average Bonchev–Trinajstić information content (AvgIpc) is 2.94. The fourth-order valence-corrected chi connectivity index (χ4v) is 2.17. The first-order valence-corrected chi connectivity index (χ1v) is 6.37. The lowest BCUT2D eigenvalue weighted by molar-refractivity contribution is 0.0724. The highest BCUT2D eigenvalue weighted by Crippen LogP contribution is 2.17. The van der Waals surface area contributed by atoms with Crippen molar-refractivity contribution in [3.63, 3.8) is 0 Å². The number of aliphatic hydroxyl groups is 1. The van der Waals surface area contributed by atoms with Gasteiger partial charge in [0.05, 0.1) is 11.7 Å². The number of aliphatic hydroxyl groups excluding tert-OH is 1. The number of nitrogens with zero attached hydrogens (tertiary/aromatic N) is 1. The van der Waals surface area contributed by atoms with Crippen LogP contribution in [0.5, 0.6) is 0 Å². The Morgan fingerprint density at radius 1 is 1.60 bits per heavy atom. The lowest BCUT2D eigenvalue weighted by Gasteiger charge is -2.16. The highest BCUT2D eigenvalue weighted by atomic mass is 19.1. The summed E-state index contributed by atoms with van der Waals surface area (Å²) in [6.45, 7) is 0.820. The summed E-state index contributed by atoms with van der Waals surface area (Å²) in [6, 6.07) is 4.19. The van der Waals surface area contributed by atoms with Crippen LogP contribution in [-0.4, -0.2) is 48.8 Å². The van der Waals surface area contributed by atoms with Crippen molar-refractivity contribution in [2.45, 2.75) is 12.5 Å². The molecule has 1 aliphatic heterocycles. The Balaban J connectivity index is 2.13. The van der Waals surface area contributed by atoms with Gasteiger partial charge in [-0.1, -0.05) is 11.8 Å². The lowest BCUT2D eigenvalue weighted by atomic mass is 10.1. The number of hydrogen-bond acceptors (Lipinski definition) is 3. The summed E-state index contributed by atoms with van der Waals surface area (Å²) in [5.41, 5.74) is 0.473. The third-order valence-electron chi connectivity index (χ3n) is 3.28. The monoisotopic (exact) mass is 277 g/mol. The number of carbonyl (C=O) groups excluding carboxylic acids is 1. The smallest absolute Gasteiger partial charge is 0.254 e. The largest absolute Gasteiger partial charge is 0.384 e. The quantitative estimate of drug-likeness (QED) is 0.821. The summed E-state index contributed by atoms with van der Waals surface area (Å²) in [5.74, 6) is 4.11. The van der Waals surface area contributed by atoms with Crippen molar-refractivity contribution >= 4 is 5.91 Å². The molecule has 0 bridgehead atoms. The van der Waals surface area contributed by atoms with E-state index in [1.165, 1.54) is 12.1 Å². The minimum atomic E-state index is -0.556.